The van der Waals surface area contributed by atoms with Crippen LogP contribution in [0.1, 0.15) is 32.1 Å². The number of hydrogen-bond donors (Lipinski definition) is 3. The maximum Gasteiger partial charge on any atom is 0.306 e. The normalized spacial score (nSPS) is 10.9. The number of guanidine groups is 1. The van der Waals surface area contributed by atoms with E-state index in [1.807, 2.05) is 0 Å². The van der Waals surface area contributed by atoms with Crippen molar-refractivity contribution in [2.45, 2.75) is 38.1 Å². The Morgan fingerprint density at radius 1 is 1.12 bits per heavy atom. The number of thioether (sulfide) groups is 1. The molecule has 0 heterocycles. The number of carbonyl (C=O) groups excluding carboxylic acids is 2. The van der Waals surface area contributed by atoms with E-state index in [1.165, 1.54) is 0 Å². The molecule has 12 heteroatoms. The third kappa shape index (κ3) is 17.0. The summed E-state index contributed by atoms with van der Waals surface area (Å²) < 4.78 is 4.97. The third-order valence-corrected chi connectivity index (χ3v) is 3.76. The van der Waals surface area contributed by atoms with Gasteiger partial charge in [-0.2, -0.15) is 0 Å². The Kier molecular flexibility index (Phi) is 17.7. The lowest BCUT2D eigenvalue weighted by atomic mass is 10.2. The summed E-state index contributed by atoms with van der Waals surface area (Å²) in [6.07, 6.45) is 2.36. The number of nitrogens with zero attached hydrogens (tertiary/aromatic N) is 2. The SMILES string of the molecule is Cl.NC(N)=NCCCC(N)C(=O)SCCC(=O)OCCCCON=O. The van der Waals surface area contributed by atoms with Gasteiger partial charge in [-0.15, -0.1) is 17.3 Å². The van der Waals surface area contributed by atoms with Crippen LogP contribution in [0.5, 0.6) is 0 Å². The van der Waals surface area contributed by atoms with Gasteiger partial charge in [-0.25, -0.2) is 0 Å². The first kappa shape index (κ1) is 25.6. The second-order valence-electron chi connectivity index (χ2n) is 4.81. The molecule has 0 aromatic carbocycles. The number of rotatable bonds is 14. The van der Waals surface area contributed by atoms with Gasteiger partial charge in [-0.05, 0) is 25.7 Å². The van der Waals surface area contributed by atoms with Crippen molar-refractivity contribution in [2.24, 2.45) is 27.5 Å². The van der Waals surface area contributed by atoms with Gasteiger partial charge in [0.05, 0.1) is 19.1 Å². The van der Waals surface area contributed by atoms with Crippen LogP contribution in [0.4, 0.5) is 0 Å². The van der Waals surface area contributed by atoms with Gasteiger partial charge in [-0.3, -0.25) is 14.6 Å². The number of carbonyl (C=O) groups is 2. The van der Waals surface area contributed by atoms with Crippen LogP contribution < -0.4 is 17.2 Å². The molecule has 0 aliphatic rings. The van der Waals surface area contributed by atoms with Crippen molar-refractivity contribution >= 4 is 41.2 Å². The van der Waals surface area contributed by atoms with Gasteiger partial charge >= 0.3 is 5.97 Å². The largest absolute Gasteiger partial charge is 0.466 e. The quantitative estimate of drug-likeness (QED) is 0.0935. The lowest BCUT2D eigenvalue weighted by molar-refractivity contribution is -0.143. The average Bonchev–Trinajstić information content (AvgIpc) is 2.54. The van der Waals surface area contributed by atoms with Crippen LogP contribution in [0, 0.1) is 4.91 Å². The zero-order chi connectivity index (χ0) is 18.2. The van der Waals surface area contributed by atoms with E-state index in [0.29, 0.717) is 38.0 Å². The molecule has 10 nitrogen and oxygen atoms in total. The fourth-order valence-corrected chi connectivity index (χ4v) is 2.35. The van der Waals surface area contributed by atoms with Gasteiger partial charge in [-0.1, -0.05) is 11.8 Å². The highest BCUT2D eigenvalue weighted by molar-refractivity contribution is 8.13. The fourth-order valence-electron chi connectivity index (χ4n) is 1.54. The predicted octanol–water partition coefficient (Wildman–Crippen LogP) is 0.460. The van der Waals surface area contributed by atoms with Gasteiger partial charge in [0, 0.05) is 12.3 Å². The Hall–Kier alpha value is -1.59. The van der Waals surface area contributed by atoms with Crippen molar-refractivity contribution < 1.29 is 19.2 Å². The third-order valence-electron chi connectivity index (χ3n) is 2.77. The maximum atomic E-state index is 11.8. The molecule has 146 valence electrons. The molecular weight excluding hydrogens is 374 g/mol. The first-order valence-corrected chi connectivity index (χ1v) is 8.53. The highest BCUT2D eigenvalue weighted by Gasteiger charge is 2.14. The molecule has 0 aromatic rings. The summed E-state index contributed by atoms with van der Waals surface area (Å²) >= 11 is 1.01. The van der Waals surface area contributed by atoms with Crippen LogP contribution >= 0.6 is 24.2 Å². The second-order valence-corrected chi connectivity index (χ2v) is 5.91. The minimum Gasteiger partial charge on any atom is -0.466 e. The molecule has 0 spiro atoms. The number of aliphatic imine (C=N–C) groups is 1. The smallest absolute Gasteiger partial charge is 0.306 e. The minimum atomic E-state index is -0.605. The minimum absolute atomic E-state index is 0. The number of halogens is 1. The molecule has 0 bridgehead atoms. The number of unbranched alkanes of at least 4 members (excludes halogenated alkanes) is 1. The fraction of sp³-hybridized carbons (Fsp3) is 0.769. The highest BCUT2D eigenvalue weighted by atomic mass is 35.5. The Labute approximate surface area is 157 Å². The van der Waals surface area contributed by atoms with Crippen molar-refractivity contribution in [3.63, 3.8) is 0 Å². The Morgan fingerprint density at radius 3 is 2.44 bits per heavy atom. The number of nitrogens with two attached hydrogens (primary N) is 3. The van der Waals surface area contributed by atoms with E-state index < -0.39 is 6.04 Å². The molecule has 0 aliphatic carbocycles. The molecular formula is C13H26ClN5O5S. The lowest BCUT2D eigenvalue weighted by Gasteiger charge is -2.09. The zero-order valence-electron chi connectivity index (χ0n) is 13.9. The van der Waals surface area contributed by atoms with E-state index in [1.54, 1.807) is 0 Å². The summed E-state index contributed by atoms with van der Waals surface area (Å²) in [5.74, 6) is -0.0564. The molecule has 1 unspecified atom stereocenters. The van der Waals surface area contributed by atoms with Crippen LogP contribution in [0.2, 0.25) is 0 Å². The van der Waals surface area contributed by atoms with Crippen LogP contribution in [0.25, 0.3) is 0 Å². The Balaban J connectivity index is 0. The number of hydrogen-bond acceptors (Lipinski definition) is 9. The van der Waals surface area contributed by atoms with Gasteiger partial charge < -0.3 is 26.8 Å². The average molecular weight is 400 g/mol. The van der Waals surface area contributed by atoms with Crippen LogP contribution in [-0.4, -0.2) is 48.6 Å². The second kappa shape index (κ2) is 17.2. The molecule has 0 saturated carbocycles. The summed E-state index contributed by atoms with van der Waals surface area (Å²) in [4.78, 5) is 40.9. The van der Waals surface area contributed by atoms with Gasteiger partial charge in [0.25, 0.3) is 0 Å². The Morgan fingerprint density at radius 2 is 1.80 bits per heavy atom. The first-order valence-electron chi connectivity index (χ1n) is 7.55. The molecule has 0 rings (SSSR count). The molecule has 0 amide bonds. The van der Waals surface area contributed by atoms with E-state index in [0.717, 1.165) is 11.8 Å². The molecule has 25 heavy (non-hydrogen) atoms. The molecule has 6 N–H and O–H groups in total. The number of ether oxygens (including phenoxy) is 1. The molecule has 0 saturated heterocycles. The predicted molar refractivity (Wildman–Crippen MR) is 99.2 cm³/mol. The van der Waals surface area contributed by atoms with Crippen molar-refractivity contribution in [2.75, 3.05) is 25.5 Å². The summed E-state index contributed by atoms with van der Waals surface area (Å²) in [5.41, 5.74) is 16.1. The summed E-state index contributed by atoms with van der Waals surface area (Å²) in [7, 11) is 0. The molecule has 0 radical (unpaired) electrons. The Bertz CT molecular complexity index is 424. The maximum absolute atomic E-state index is 11.8. The summed E-state index contributed by atoms with van der Waals surface area (Å²) in [6, 6.07) is -0.605. The van der Waals surface area contributed by atoms with Crippen molar-refractivity contribution in [3.05, 3.63) is 4.91 Å². The summed E-state index contributed by atoms with van der Waals surface area (Å²) in [5, 5.41) is 2.08. The number of esters is 1. The van der Waals surface area contributed by atoms with E-state index in [2.05, 4.69) is 15.2 Å². The summed E-state index contributed by atoms with van der Waals surface area (Å²) in [6.45, 7) is 0.866. The van der Waals surface area contributed by atoms with Crippen LogP contribution in [0.15, 0.2) is 10.3 Å². The molecule has 0 aliphatic heterocycles. The van der Waals surface area contributed by atoms with Crippen molar-refractivity contribution in [3.8, 4) is 0 Å². The molecule has 0 aromatic heterocycles. The van der Waals surface area contributed by atoms with Crippen molar-refractivity contribution in [1.82, 2.24) is 0 Å². The van der Waals surface area contributed by atoms with Gasteiger partial charge in [0.1, 0.15) is 6.61 Å². The van der Waals surface area contributed by atoms with E-state index in [-0.39, 0.29) is 49.1 Å². The first-order chi connectivity index (χ1) is 11.5. The van der Waals surface area contributed by atoms with Crippen LogP contribution in [0.3, 0.4) is 0 Å². The standard InChI is InChI=1S/C13H25N5O5S.ClH/c14-10(4-3-6-17-13(15)16)12(20)24-9-5-11(19)22-7-1-2-8-23-18-21;/h10H,1-9,14H2,(H4,15,16,17);1H. The van der Waals surface area contributed by atoms with E-state index in [9.17, 15) is 14.5 Å². The zero-order valence-corrected chi connectivity index (χ0v) is 15.6. The lowest BCUT2D eigenvalue weighted by Crippen LogP contribution is -2.29. The van der Waals surface area contributed by atoms with Crippen LogP contribution in [-0.2, 0) is 19.2 Å². The van der Waals surface area contributed by atoms with E-state index in [4.69, 9.17) is 21.9 Å². The van der Waals surface area contributed by atoms with E-state index >= 15 is 0 Å². The molecule has 1 atom stereocenters. The van der Waals surface area contributed by atoms with Gasteiger partial charge in [0.2, 0.25) is 5.12 Å². The highest BCUT2D eigenvalue weighted by Crippen LogP contribution is 2.10. The molecule has 0 fully saturated rings. The van der Waals surface area contributed by atoms with Gasteiger partial charge in [0.15, 0.2) is 11.3 Å². The monoisotopic (exact) mass is 399 g/mol. The van der Waals surface area contributed by atoms with Crippen molar-refractivity contribution in [1.29, 1.82) is 0 Å². The topological polar surface area (TPSA) is 172 Å².